The first-order valence-corrected chi connectivity index (χ1v) is 8.70. The van der Waals surface area contributed by atoms with Crippen LogP contribution in [0, 0.1) is 12.8 Å². The lowest BCUT2D eigenvalue weighted by Crippen LogP contribution is -2.47. The van der Waals surface area contributed by atoms with E-state index in [1.165, 1.54) is 0 Å². The highest BCUT2D eigenvalue weighted by Crippen LogP contribution is 2.14. The van der Waals surface area contributed by atoms with Crippen LogP contribution in [0.3, 0.4) is 0 Å². The Balaban J connectivity index is 1.71. The Morgan fingerprint density at radius 2 is 2.00 bits per heavy atom. The van der Waals surface area contributed by atoms with Crippen molar-refractivity contribution in [1.82, 2.24) is 10.2 Å². The minimum Gasteiger partial charge on any atom is -0.484 e. The van der Waals surface area contributed by atoms with E-state index in [1.54, 1.807) is 0 Å². The van der Waals surface area contributed by atoms with Crippen molar-refractivity contribution in [1.29, 1.82) is 0 Å². The van der Waals surface area contributed by atoms with Gasteiger partial charge in [0.05, 0.1) is 0 Å². The lowest BCUT2D eigenvalue weighted by Gasteiger charge is -2.32. The van der Waals surface area contributed by atoms with Gasteiger partial charge < -0.3 is 15.0 Å². The second-order valence-corrected chi connectivity index (χ2v) is 6.93. The van der Waals surface area contributed by atoms with Crippen LogP contribution in [0.2, 0.25) is 0 Å². The van der Waals surface area contributed by atoms with Gasteiger partial charge >= 0.3 is 0 Å². The molecule has 0 aliphatic carbocycles. The molecule has 0 spiro atoms. The van der Waals surface area contributed by atoms with Crippen LogP contribution in [0.15, 0.2) is 24.3 Å². The summed E-state index contributed by atoms with van der Waals surface area (Å²) in [5, 5.41) is 3.07. The molecule has 1 N–H and O–H groups in total. The van der Waals surface area contributed by atoms with Gasteiger partial charge in [0.15, 0.2) is 6.61 Å². The first-order valence-electron chi connectivity index (χ1n) is 8.70. The summed E-state index contributed by atoms with van der Waals surface area (Å²) in [6.45, 7) is 7.47. The molecule has 1 aliphatic heterocycles. The number of rotatable bonds is 6. The van der Waals surface area contributed by atoms with Gasteiger partial charge in [0.25, 0.3) is 5.91 Å². The molecule has 0 saturated carbocycles. The highest BCUT2D eigenvalue weighted by Gasteiger charge is 2.24. The van der Waals surface area contributed by atoms with Crippen LogP contribution in [-0.4, -0.2) is 42.5 Å². The maximum atomic E-state index is 12.2. The van der Waals surface area contributed by atoms with E-state index in [4.69, 9.17) is 4.74 Å². The number of ether oxygens (including phenoxy) is 1. The minimum atomic E-state index is 0.00321. The number of amides is 2. The van der Waals surface area contributed by atoms with Gasteiger partial charge in [-0.2, -0.15) is 0 Å². The maximum absolute atomic E-state index is 12.2. The fourth-order valence-electron chi connectivity index (χ4n) is 2.87. The number of nitrogens with zero attached hydrogens (tertiary/aromatic N) is 1. The highest BCUT2D eigenvalue weighted by atomic mass is 16.5. The van der Waals surface area contributed by atoms with Crippen molar-refractivity contribution in [2.24, 2.45) is 5.92 Å². The smallest absolute Gasteiger partial charge is 0.260 e. The van der Waals surface area contributed by atoms with E-state index in [9.17, 15) is 9.59 Å². The molecule has 132 valence electrons. The molecule has 0 unspecified atom stereocenters. The topological polar surface area (TPSA) is 58.6 Å². The van der Waals surface area contributed by atoms with Gasteiger partial charge in [-0.3, -0.25) is 9.59 Å². The predicted molar refractivity (Wildman–Crippen MR) is 93.9 cm³/mol. The van der Waals surface area contributed by atoms with Gasteiger partial charge in [-0.25, -0.2) is 0 Å². The molecule has 5 nitrogen and oxygen atoms in total. The molecule has 24 heavy (non-hydrogen) atoms. The molecule has 1 saturated heterocycles. The second-order valence-electron chi connectivity index (χ2n) is 6.93. The van der Waals surface area contributed by atoms with Crippen LogP contribution in [0.5, 0.6) is 5.75 Å². The number of hydrogen-bond acceptors (Lipinski definition) is 3. The zero-order chi connectivity index (χ0) is 17.5. The van der Waals surface area contributed by atoms with Gasteiger partial charge in [0.1, 0.15) is 5.75 Å². The average Bonchev–Trinajstić information content (AvgIpc) is 2.52. The van der Waals surface area contributed by atoms with E-state index >= 15 is 0 Å². The Hall–Kier alpha value is -2.04. The molecule has 1 aromatic carbocycles. The quantitative estimate of drug-likeness (QED) is 0.871. The summed E-state index contributed by atoms with van der Waals surface area (Å²) < 4.78 is 5.58. The largest absolute Gasteiger partial charge is 0.484 e. The van der Waals surface area contributed by atoms with Crippen molar-refractivity contribution in [3.63, 3.8) is 0 Å². The number of benzene rings is 1. The van der Waals surface area contributed by atoms with Crippen LogP contribution in [0.4, 0.5) is 0 Å². The van der Waals surface area contributed by atoms with Gasteiger partial charge in [0, 0.05) is 25.6 Å². The van der Waals surface area contributed by atoms with Crippen molar-refractivity contribution in [3.8, 4) is 5.75 Å². The molecule has 1 heterocycles. The van der Waals surface area contributed by atoms with Crippen LogP contribution < -0.4 is 10.1 Å². The fourth-order valence-corrected chi connectivity index (χ4v) is 2.87. The van der Waals surface area contributed by atoms with Crippen molar-refractivity contribution in [2.75, 3.05) is 19.7 Å². The normalized spacial score (nSPS) is 15.4. The molecule has 2 amide bonds. The number of hydrogen-bond donors (Lipinski definition) is 1. The van der Waals surface area contributed by atoms with Crippen LogP contribution >= 0.6 is 0 Å². The van der Waals surface area contributed by atoms with Crippen LogP contribution in [-0.2, 0) is 9.59 Å². The number of carbonyl (C=O) groups is 2. The SMILES string of the molecule is Cc1cccc(OCC(=O)N2CCC(NC(=O)CC(C)C)CC2)c1. The Morgan fingerprint density at radius 1 is 1.29 bits per heavy atom. The first kappa shape index (κ1) is 18.3. The van der Waals surface area contributed by atoms with Gasteiger partial charge in [-0.05, 0) is 43.4 Å². The van der Waals surface area contributed by atoms with E-state index in [0.717, 1.165) is 24.2 Å². The maximum Gasteiger partial charge on any atom is 0.260 e. The summed E-state index contributed by atoms with van der Waals surface area (Å²) in [4.78, 5) is 25.9. The number of carbonyl (C=O) groups excluding carboxylic acids is 2. The number of likely N-dealkylation sites (tertiary alicyclic amines) is 1. The number of aryl methyl sites for hydroxylation is 1. The van der Waals surface area contributed by atoms with Crippen molar-refractivity contribution in [3.05, 3.63) is 29.8 Å². The van der Waals surface area contributed by atoms with Crippen LogP contribution in [0.25, 0.3) is 0 Å². The lowest BCUT2D eigenvalue weighted by atomic mass is 10.0. The van der Waals surface area contributed by atoms with E-state index in [1.807, 2.05) is 49.9 Å². The van der Waals surface area contributed by atoms with E-state index in [-0.39, 0.29) is 24.5 Å². The van der Waals surface area contributed by atoms with E-state index in [0.29, 0.717) is 25.4 Å². The summed E-state index contributed by atoms with van der Waals surface area (Å²) >= 11 is 0. The molecular weight excluding hydrogens is 304 g/mol. The number of piperidine rings is 1. The minimum absolute atomic E-state index is 0.00321. The zero-order valence-electron chi connectivity index (χ0n) is 14.9. The Morgan fingerprint density at radius 3 is 2.62 bits per heavy atom. The average molecular weight is 332 g/mol. The summed E-state index contributed by atoms with van der Waals surface area (Å²) in [7, 11) is 0. The summed E-state index contributed by atoms with van der Waals surface area (Å²) in [6.07, 6.45) is 2.17. The van der Waals surface area contributed by atoms with E-state index < -0.39 is 0 Å². The predicted octanol–water partition coefficient (Wildman–Crippen LogP) is 2.53. The molecule has 0 radical (unpaired) electrons. The second kappa shape index (κ2) is 8.71. The third-order valence-corrected chi connectivity index (χ3v) is 4.16. The third-order valence-electron chi connectivity index (χ3n) is 4.16. The third kappa shape index (κ3) is 5.87. The Bertz CT molecular complexity index is 563. The molecule has 1 fully saturated rings. The monoisotopic (exact) mass is 332 g/mol. The number of nitrogens with one attached hydrogen (secondary N) is 1. The van der Waals surface area contributed by atoms with Crippen molar-refractivity contribution < 1.29 is 14.3 Å². The first-order chi connectivity index (χ1) is 11.4. The molecule has 0 atom stereocenters. The van der Waals surface area contributed by atoms with E-state index in [2.05, 4.69) is 5.32 Å². The highest BCUT2D eigenvalue weighted by molar-refractivity contribution is 5.78. The van der Waals surface area contributed by atoms with Crippen molar-refractivity contribution >= 4 is 11.8 Å². The van der Waals surface area contributed by atoms with Gasteiger partial charge in [-0.15, -0.1) is 0 Å². The lowest BCUT2D eigenvalue weighted by molar-refractivity contribution is -0.134. The molecule has 0 aromatic heterocycles. The van der Waals surface area contributed by atoms with Gasteiger partial charge in [0.2, 0.25) is 5.91 Å². The molecule has 1 aromatic rings. The summed E-state index contributed by atoms with van der Waals surface area (Å²) in [6, 6.07) is 7.87. The van der Waals surface area contributed by atoms with Crippen molar-refractivity contribution in [2.45, 2.75) is 46.1 Å². The fraction of sp³-hybridized carbons (Fsp3) is 0.579. The summed E-state index contributed by atoms with van der Waals surface area (Å²) in [5.74, 6) is 1.20. The Kier molecular flexibility index (Phi) is 6.64. The standard InChI is InChI=1S/C19H28N2O3/c1-14(2)11-18(22)20-16-7-9-21(10-8-16)19(23)13-24-17-6-4-5-15(3)12-17/h4-6,12,14,16H,7-11,13H2,1-3H3,(H,20,22). The Labute approximate surface area is 144 Å². The van der Waals surface area contributed by atoms with Gasteiger partial charge in [-0.1, -0.05) is 26.0 Å². The molecule has 2 rings (SSSR count). The molecular formula is C19H28N2O3. The summed E-state index contributed by atoms with van der Waals surface area (Å²) in [5.41, 5.74) is 1.11. The molecule has 0 bridgehead atoms. The zero-order valence-corrected chi connectivity index (χ0v) is 14.9. The molecule has 5 heteroatoms. The van der Waals surface area contributed by atoms with Crippen LogP contribution in [0.1, 0.15) is 38.7 Å². The molecule has 1 aliphatic rings.